The van der Waals surface area contributed by atoms with Gasteiger partial charge in [-0.25, -0.2) is 8.42 Å². The second-order valence-electron chi connectivity index (χ2n) is 5.17. The van der Waals surface area contributed by atoms with Crippen molar-refractivity contribution in [3.63, 3.8) is 0 Å². The van der Waals surface area contributed by atoms with E-state index in [1.54, 1.807) is 11.3 Å². The number of benzene rings is 1. The predicted octanol–water partition coefficient (Wildman–Crippen LogP) is 2.74. The van der Waals surface area contributed by atoms with Gasteiger partial charge in [0.05, 0.1) is 11.5 Å². The minimum Gasteiger partial charge on any atom is -0.306 e. The highest BCUT2D eigenvalue weighted by molar-refractivity contribution is 7.91. The van der Waals surface area contributed by atoms with Crippen LogP contribution in [0.25, 0.3) is 10.1 Å². The van der Waals surface area contributed by atoms with Gasteiger partial charge < -0.3 is 5.32 Å². The van der Waals surface area contributed by atoms with E-state index in [2.05, 4.69) is 30.4 Å². The minimum atomic E-state index is -2.81. The van der Waals surface area contributed by atoms with E-state index in [-0.39, 0.29) is 17.8 Å². The lowest BCUT2D eigenvalue weighted by Crippen LogP contribution is -2.32. The molecule has 0 radical (unpaired) electrons. The third-order valence-corrected chi connectivity index (χ3v) is 6.66. The maximum Gasteiger partial charge on any atom is 0.151 e. The Bertz CT molecular complexity index is 657. The zero-order chi connectivity index (χ0) is 13.5. The maximum absolute atomic E-state index is 11.5. The highest BCUT2D eigenvalue weighted by atomic mass is 32.2. The fourth-order valence-electron chi connectivity index (χ4n) is 2.58. The summed E-state index contributed by atoms with van der Waals surface area (Å²) < 4.78 is 24.2. The first-order valence-corrected chi connectivity index (χ1v) is 9.12. The van der Waals surface area contributed by atoms with Crippen LogP contribution < -0.4 is 5.32 Å². The van der Waals surface area contributed by atoms with E-state index in [1.165, 1.54) is 15.0 Å². The molecule has 0 saturated carbocycles. The molecule has 5 heteroatoms. The van der Waals surface area contributed by atoms with E-state index < -0.39 is 9.84 Å². The lowest BCUT2D eigenvalue weighted by atomic mass is 10.2. The normalized spacial score (nSPS) is 23.7. The van der Waals surface area contributed by atoms with Gasteiger partial charge in [-0.2, -0.15) is 0 Å². The first-order valence-electron chi connectivity index (χ1n) is 6.48. The molecule has 0 spiro atoms. The van der Waals surface area contributed by atoms with E-state index in [1.807, 2.05) is 12.1 Å². The second kappa shape index (κ2) is 4.89. The maximum atomic E-state index is 11.5. The van der Waals surface area contributed by atoms with Crippen LogP contribution in [0.1, 0.15) is 24.3 Å². The quantitative estimate of drug-likeness (QED) is 0.947. The van der Waals surface area contributed by atoms with Gasteiger partial charge in [0, 0.05) is 21.7 Å². The summed E-state index contributed by atoms with van der Waals surface area (Å²) in [5.41, 5.74) is 0. The summed E-state index contributed by atoms with van der Waals surface area (Å²) in [6.07, 6.45) is 0.734. The zero-order valence-electron chi connectivity index (χ0n) is 10.8. The van der Waals surface area contributed by atoms with Crippen LogP contribution >= 0.6 is 11.3 Å². The molecule has 3 nitrogen and oxygen atoms in total. The summed E-state index contributed by atoms with van der Waals surface area (Å²) in [5, 5.41) is 4.70. The molecular weight excluding hydrogens is 278 g/mol. The molecule has 1 aliphatic rings. The first kappa shape index (κ1) is 13.1. The van der Waals surface area contributed by atoms with Crippen molar-refractivity contribution in [2.75, 3.05) is 11.5 Å². The monoisotopic (exact) mass is 295 g/mol. The lowest BCUT2D eigenvalue weighted by Gasteiger charge is -2.16. The van der Waals surface area contributed by atoms with Gasteiger partial charge in [-0.3, -0.25) is 0 Å². The molecule has 1 aliphatic heterocycles. The smallest absolute Gasteiger partial charge is 0.151 e. The van der Waals surface area contributed by atoms with Crippen LogP contribution in [0.4, 0.5) is 0 Å². The topological polar surface area (TPSA) is 46.2 Å². The number of hydrogen-bond acceptors (Lipinski definition) is 4. The van der Waals surface area contributed by atoms with Crippen molar-refractivity contribution in [2.45, 2.75) is 25.4 Å². The van der Waals surface area contributed by atoms with E-state index in [0.717, 1.165) is 6.42 Å². The van der Waals surface area contributed by atoms with Crippen molar-refractivity contribution in [1.29, 1.82) is 0 Å². The first-order chi connectivity index (χ1) is 9.03. The molecule has 1 fully saturated rings. The standard InChI is InChI=1S/C14H17NO2S2/c1-10(15-12-6-7-19(16,17)9-12)14-8-11-4-2-3-5-13(11)18-14/h2-5,8,10,12,15H,6-7,9H2,1H3. The number of nitrogens with one attached hydrogen (secondary N) is 1. The van der Waals surface area contributed by atoms with Gasteiger partial charge in [0.25, 0.3) is 0 Å². The van der Waals surface area contributed by atoms with Crippen LogP contribution in [-0.4, -0.2) is 26.0 Å². The molecule has 2 unspecified atom stereocenters. The van der Waals surface area contributed by atoms with Gasteiger partial charge in [0.15, 0.2) is 9.84 Å². The predicted molar refractivity (Wildman–Crippen MR) is 80.4 cm³/mol. The highest BCUT2D eigenvalue weighted by Gasteiger charge is 2.28. The summed E-state index contributed by atoms with van der Waals surface area (Å²) in [6, 6.07) is 10.8. The summed E-state index contributed by atoms with van der Waals surface area (Å²) in [4.78, 5) is 1.27. The van der Waals surface area contributed by atoms with Crippen LogP contribution in [0, 0.1) is 0 Å². The summed E-state index contributed by atoms with van der Waals surface area (Å²) in [6.45, 7) is 2.11. The molecule has 19 heavy (non-hydrogen) atoms. The average Bonchev–Trinajstić information content (AvgIpc) is 2.92. The molecule has 1 aromatic heterocycles. The number of rotatable bonds is 3. The Hall–Kier alpha value is -0.910. The fraction of sp³-hybridized carbons (Fsp3) is 0.429. The minimum absolute atomic E-state index is 0.102. The van der Waals surface area contributed by atoms with Gasteiger partial charge in [0.1, 0.15) is 0 Å². The number of thiophene rings is 1. The number of hydrogen-bond donors (Lipinski definition) is 1. The van der Waals surface area contributed by atoms with E-state index in [0.29, 0.717) is 5.75 Å². The van der Waals surface area contributed by atoms with Crippen LogP contribution in [0.3, 0.4) is 0 Å². The molecule has 0 bridgehead atoms. The molecule has 102 valence electrons. The van der Waals surface area contributed by atoms with Crippen molar-refractivity contribution >= 4 is 31.3 Å². The van der Waals surface area contributed by atoms with Crippen molar-refractivity contribution < 1.29 is 8.42 Å². The van der Waals surface area contributed by atoms with Gasteiger partial charge in [-0.05, 0) is 30.9 Å². The molecular formula is C14H17NO2S2. The van der Waals surface area contributed by atoms with E-state index >= 15 is 0 Å². The van der Waals surface area contributed by atoms with Crippen molar-refractivity contribution in [1.82, 2.24) is 5.32 Å². The Morgan fingerprint density at radius 1 is 1.37 bits per heavy atom. The van der Waals surface area contributed by atoms with Crippen LogP contribution in [0.15, 0.2) is 30.3 Å². The van der Waals surface area contributed by atoms with Crippen molar-refractivity contribution in [3.05, 3.63) is 35.2 Å². The largest absolute Gasteiger partial charge is 0.306 e. The Balaban J connectivity index is 1.75. The third-order valence-electron chi connectivity index (χ3n) is 3.59. The highest BCUT2D eigenvalue weighted by Crippen LogP contribution is 2.30. The number of fused-ring (bicyclic) bond motifs is 1. The zero-order valence-corrected chi connectivity index (χ0v) is 12.4. The van der Waals surface area contributed by atoms with Crippen molar-refractivity contribution in [3.8, 4) is 0 Å². The molecule has 3 rings (SSSR count). The molecule has 2 atom stereocenters. The second-order valence-corrected chi connectivity index (χ2v) is 8.52. The molecule has 2 aromatic rings. The Morgan fingerprint density at radius 3 is 2.84 bits per heavy atom. The average molecular weight is 295 g/mol. The Morgan fingerprint density at radius 2 is 2.16 bits per heavy atom. The van der Waals surface area contributed by atoms with Crippen LogP contribution in [0.2, 0.25) is 0 Å². The SMILES string of the molecule is CC(NC1CCS(=O)(=O)C1)c1cc2ccccc2s1. The third kappa shape index (κ3) is 2.83. The van der Waals surface area contributed by atoms with Gasteiger partial charge >= 0.3 is 0 Å². The van der Waals surface area contributed by atoms with Gasteiger partial charge in [-0.15, -0.1) is 11.3 Å². The van der Waals surface area contributed by atoms with Crippen LogP contribution in [0.5, 0.6) is 0 Å². The summed E-state index contributed by atoms with van der Waals surface area (Å²) in [5.74, 6) is 0.603. The summed E-state index contributed by atoms with van der Waals surface area (Å²) in [7, 11) is -2.81. The van der Waals surface area contributed by atoms with Gasteiger partial charge in [-0.1, -0.05) is 18.2 Å². The Labute approximate surface area is 117 Å². The molecule has 0 amide bonds. The molecule has 1 aromatic carbocycles. The summed E-state index contributed by atoms with van der Waals surface area (Å²) >= 11 is 1.78. The molecule has 1 saturated heterocycles. The van der Waals surface area contributed by atoms with Crippen LogP contribution in [-0.2, 0) is 9.84 Å². The fourth-order valence-corrected chi connectivity index (χ4v) is 5.34. The molecule has 2 heterocycles. The Kier molecular flexibility index (Phi) is 3.37. The van der Waals surface area contributed by atoms with E-state index in [4.69, 9.17) is 0 Å². The lowest BCUT2D eigenvalue weighted by molar-refractivity contribution is 0.490. The van der Waals surface area contributed by atoms with Gasteiger partial charge in [0.2, 0.25) is 0 Å². The number of sulfone groups is 1. The van der Waals surface area contributed by atoms with Crippen molar-refractivity contribution in [2.24, 2.45) is 0 Å². The molecule has 0 aliphatic carbocycles. The van der Waals surface area contributed by atoms with E-state index in [9.17, 15) is 8.42 Å². The molecule has 1 N–H and O–H groups in total.